The Balaban J connectivity index is 1.42. The van der Waals surface area contributed by atoms with Gasteiger partial charge in [-0.15, -0.1) is 0 Å². The fourth-order valence-electron chi connectivity index (χ4n) is 2.79. The number of hydrogen-bond donors (Lipinski definition) is 2. The summed E-state index contributed by atoms with van der Waals surface area (Å²) in [5.41, 5.74) is 1.59. The van der Waals surface area contributed by atoms with Crippen LogP contribution in [0, 0.1) is 12.7 Å². The SMILES string of the molecule is Cc1ccccc1C(=O)c1cnc(NCCCCNS(=O)(=O)c2cccc(F)c2)s1. The molecule has 0 unspecified atom stereocenters. The highest BCUT2D eigenvalue weighted by atomic mass is 32.2. The maximum absolute atomic E-state index is 13.2. The Morgan fingerprint density at radius 1 is 1.10 bits per heavy atom. The molecule has 158 valence electrons. The quantitative estimate of drug-likeness (QED) is 0.362. The van der Waals surface area contributed by atoms with E-state index in [4.69, 9.17) is 0 Å². The highest BCUT2D eigenvalue weighted by Crippen LogP contribution is 2.22. The van der Waals surface area contributed by atoms with Crippen LogP contribution < -0.4 is 10.0 Å². The Kier molecular flexibility index (Phi) is 7.30. The molecule has 0 amide bonds. The van der Waals surface area contributed by atoms with Crippen molar-refractivity contribution in [1.29, 1.82) is 0 Å². The smallest absolute Gasteiger partial charge is 0.240 e. The first-order valence-electron chi connectivity index (χ1n) is 9.42. The third-order valence-corrected chi connectivity index (χ3v) is 6.81. The number of halogens is 1. The number of rotatable bonds is 10. The molecule has 0 spiro atoms. The Morgan fingerprint density at radius 3 is 2.63 bits per heavy atom. The molecule has 0 aliphatic carbocycles. The zero-order valence-electron chi connectivity index (χ0n) is 16.4. The van der Waals surface area contributed by atoms with Crippen molar-refractivity contribution in [3.63, 3.8) is 0 Å². The van der Waals surface area contributed by atoms with E-state index in [-0.39, 0.29) is 17.2 Å². The maximum Gasteiger partial charge on any atom is 0.240 e. The third-order valence-electron chi connectivity index (χ3n) is 4.40. The van der Waals surface area contributed by atoms with E-state index < -0.39 is 15.8 Å². The van der Waals surface area contributed by atoms with Crippen LogP contribution >= 0.6 is 11.3 Å². The zero-order chi connectivity index (χ0) is 21.6. The van der Waals surface area contributed by atoms with Gasteiger partial charge in [-0.2, -0.15) is 0 Å². The summed E-state index contributed by atoms with van der Waals surface area (Å²) in [5, 5.41) is 3.80. The molecule has 3 aromatic rings. The standard InChI is InChI=1S/C21H22FN3O3S2/c1-15-7-2-3-10-18(15)20(26)19-14-24-21(29-19)23-11-4-5-12-25-30(27,28)17-9-6-8-16(22)13-17/h2-3,6-10,13-14,25H,4-5,11-12H2,1H3,(H,23,24). The number of nitrogens with one attached hydrogen (secondary N) is 2. The van der Waals surface area contributed by atoms with E-state index in [1.807, 2.05) is 25.1 Å². The van der Waals surface area contributed by atoms with Gasteiger partial charge in [-0.25, -0.2) is 22.5 Å². The third kappa shape index (κ3) is 5.71. The van der Waals surface area contributed by atoms with Gasteiger partial charge in [-0.05, 0) is 43.5 Å². The minimum Gasteiger partial charge on any atom is -0.362 e. The largest absolute Gasteiger partial charge is 0.362 e. The van der Waals surface area contributed by atoms with Gasteiger partial charge in [-0.1, -0.05) is 41.7 Å². The van der Waals surface area contributed by atoms with Gasteiger partial charge >= 0.3 is 0 Å². The van der Waals surface area contributed by atoms with Crippen LogP contribution in [0.3, 0.4) is 0 Å². The van der Waals surface area contributed by atoms with Gasteiger partial charge in [0, 0.05) is 18.7 Å². The van der Waals surface area contributed by atoms with E-state index in [0.29, 0.717) is 35.0 Å². The van der Waals surface area contributed by atoms with Gasteiger partial charge in [-0.3, -0.25) is 4.79 Å². The molecule has 3 rings (SSSR count). The molecular weight excluding hydrogens is 425 g/mol. The summed E-state index contributed by atoms with van der Waals surface area (Å²) >= 11 is 1.29. The van der Waals surface area contributed by atoms with Crippen molar-refractivity contribution in [3.8, 4) is 0 Å². The predicted molar refractivity (Wildman–Crippen MR) is 116 cm³/mol. The number of unbranched alkanes of at least 4 members (excludes halogenated alkanes) is 1. The molecule has 0 atom stereocenters. The number of aryl methyl sites for hydroxylation is 1. The minimum absolute atomic E-state index is 0.0506. The van der Waals surface area contributed by atoms with Crippen molar-refractivity contribution in [2.24, 2.45) is 0 Å². The molecule has 0 saturated carbocycles. The van der Waals surface area contributed by atoms with Crippen LogP contribution in [0.5, 0.6) is 0 Å². The van der Waals surface area contributed by atoms with Gasteiger partial charge in [0.05, 0.1) is 16.0 Å². The molecule has 0 aliphatic heterocycles. The van der Waals surface area contributed by atoms with Crippen LogP contribution in [0.15, 0.2) is 59.6 Å². The summed E-state index contributed by atoms with van der Waals surface area (Å²) in [4.78, 5) is 17.3. The summed E-state index contributed by atoms with van der Waals surface area (Å²) in [5.74, 6) is -0.642. The van der Waals surface area contributed by atoms with E-state index in [1.54, 1.807) is 12.3 Å². The number of carbonyl (C=O) groups is 1. The number of carbonyl (C=O) groups excluding carboxylic acids is 1. The second-order valence-electron chi connectivity index (χ2n) is 6.66. The number of aromatic nitrogens is 1. The molecule has 30 heavy (non-hydrogen) atoms. The normalized spacial score (nSPS) is 11.4. The Morgan fingerprint density at radius 2 is 1.87 bits per heavy atom. The predicted octanol–water partition coefficient (Wildman–Crippen LogP) is 3.99. The molecular formula is C21H22FN3O3S2. The lowest BCUT2D eigenvalue weighted by atomic mass is 10.0. The Hall–Kier alpha value is -2.62. The monoisotopic (exact) mass is 447 g/mol. The van der Waals surface area contributed by atoms with Crippen LogP contribution in [0.25, 0.3) is 0 Å². The second-order valence-corrected chi connectivity index (χ2v) is 9.46. The number of anilines is 1. The number of thiazole rings is 1. The lowest BCUT2D eigenvalue weighted by Gasteiger charge is -2.07. The molecule has 6 nitrogen and oxygen atoms in total. The van der Waals surface area contributed by atoms with Gasteiger partial charge in [0.1, 0.15) is 5.82 Å². The topological polar surface area (TPSA) is 88.2 Å². The number of benzene rings is 2. The summed E-state index contributed by atoms with van der Waals surface area (Å²) in [7, 11) is -3.72. The Labute approximate surface area is 179 Å². The average Bonchev–Trinajstić information content (AvgIpc) is 3.19. The molecule has 1 heterocycles. The summed E-state index contributed by atoms with van der Waals surface area (Å²) in [6, 6.07) is 12.3. The number of nitrogens with zero attached hydrogens (tertiary/aromatic N) is 1. The zero-order valence-corrected chi connectivity index (χ0v) is 18.0. The lowest BCUT2D eigenvalue weighted by molar-refractivity contribution is 0.104. The van der Waals surface area contributed by atoms with Crippen molar-refractivity contribution in [3.05, 3.63) is 76.5 Å². The first-order valence-corrected chi connectivity index (χ1v) is 11.7. The molecule has 0 radical (unpaired) electrons. The molecule has 1 aromatic heterocycles. The van der Waals surface area contributed by atoms with Crippen molar-refractivity contribution < 1.29 is 17.6 Å². The fourth-order valence-corrected chi connectivity index (χ4v) is 4.69. The number of hydrogen-bond acceptors (Lipinski definition) is 6. The second kappa shape index (κ2) is 9.92. The lowest BCUT2D eigenvalue weighted by Crippen LogP contribution is -2.25. The minimum atomic E-state index is -3.72. The van der Waals surface area contributed by atoms with Crippen LogP contribution in [0.1, 0.15) is 33.6 Å². The molecule has 0 saturated heterocycles. The van der Waals surface area contributed by atoms with E-state index in [2.05, 4.69) is 15.0 Å². The van der Waals surface area contributed by atoms with Crippen molar-refractivity contribution >= 4 is 32.3 Å². The molecule has 0 aliphatic rings. The first-order chi connectivity index (χ1) is 14.4. The van der Waals surface area contributed by atoms with Crippen LogP contribution in [0.4, 0.5) is 9.52 Å². The maximum atomic E-state index is 13.2. The van der Waals surface area contributed by atoms with Crippen molar-refractivity contribution in [1.82, 2.24) is 9.71 Å². The number of ketones is 1. The van der Waals surface area contributed by atoms with Crippen molar-refractivity contribution in [2.75, 3.05) is 18.4 Å². The van der Waals surface area contributed by atoms with E-state index in [9.17, 15) is 17.6 Å². The van der Waals surface area contributed by atoms with Crippen LogP contribution in [0.2, 0.25) is 0 Å². The van der Waals surface area contributed by atoms with Gasteiger partial charge in [0.2, 0.25) is 15.8 Å². The van der Waals surface area contributed by atoms with Crippen LogP contribution in [-0.4, -0.2) is 32.3 Å². The van der Waals surface area contributed by atoms with E-state index in [1.165, 1.54) is 29.5 Å². The van der Waals surface area contributed by atoms with E-state index in [0.717, 1.165) is 11.6 Å². The average molecular weight is 448 g/mol. The highest BCUT2D eigenvalue weighted by Gasteiger charge is 2.15. The molecule has 2 aromatic carbocycles. The fraction of sp³-hybridized carbons (Fsp3) is 0.238. The first kappa shape index (κ1) is 22.1. The molecule has 0 fully saturated rings. The summed E-state index contributed by atoms with van der Waals surface area (Å²) in [6.45, 7) is 2.73. The summed E-state index contributed by atoms with van der Waals surface area (Å²) < 4.78 is 39.9. The van der Waals surface area contributed by atoms with Crippen LogP contribution in [-0.2, 0) is 10.0 Å². The molecule has 2 N–H and O–H groups in total. The van der Waals surface area contributed by atoms with Crippen molar-refractivity contribution in [2.45, 2.75) is 24.7 Å². The van der Waals surface area contributed by atoms with Gasteiger partial charge in [0.15, 0.2) is 5.13 Å². The molecule has 0 bridgehead atoms. The highest BCUT2D eigenvalue weighted by molar-refractivity contribution is 7.89. The number of sulfonamides is 1. The van der Waals surface area contributed by atoms with Gasteiger partial charge < -0.3 is 5.32 Å². The van der Waals surface area contributed by atoms with E-state index >= 15 is 0 Å². The molecule has 9 heteroatoms. The Bertz CT molecular complexity index is 1130. The van der Waals surface area contributed by atoms with Gasteiger partial charge in [0.25, 0.3) is 0 Å². The summed E-state index contributed by atoms with van der Waals surface area (Å²) in [6.07, 6.45) is 2.86.